The van der Waals surface area contributed by atoms with Gasteiger partial charge in [0.25, 0.3) is 0 Å². The highest BCUT2D eigenvalue weighted by molar-refractivity contribution is 7.97. The molecule has 0 unspecified atom stereocenters. The summed E-state index contributed by atoms with van der Waals surface area (Å²) in [6.07, 6.45) is 3.85. The molecule has 0 atom stereocenters. The molecule has 0 aliphatic carbocycles. The molecular weight excluding hydrogens is 142 g/mol. The Morgan fingerprint density at radius 3 is 3.00 bits per heavy atom. The molecule has 0 amide bonds. The standard InChI is InChI=1S/C8H6NS/c1-2-4-8-7(3-1)5-6-9-10-8/h1-6H. The normalized spacial score (nSPS) is 14.0. The highest BCUT2D eigenvalue weighted by Gasteiger charge is 2.02. The van der Waals surface area contributed by atoms with Gasteiger partial charge >= 0.3 is 0 Å². The van der Waals surface area contributed by atoms with E-state index in [-0.39, 0.29) is 0 Å². The minimum absolute atomic E-state index is 1.24. The summed E-state index contributed by atoms with van der Waals surface area (Å²) < 4.78 is 4.05. The number of hydrogen-bond acceptors (Lipinski definition) is 1. The molecule has 0 saturated carbocycles. The number of nitrogens with zero attached hydrogens (tertiary/aromatic N) is 1. The Bertz CT molecular complexity index is 268. The molecule has 0 bridgehead atoms. The van der Waals surface area contributed by atoms with Crippen molar-refractivity contribution in [3.8, 4) is 0 Å². The van der Waals surface area contributed by atoms with Crippen molar-refractivity contribution >= 4 is 18.0 Å². The first-order valence-corrected chi connectivity index (χ1v) is 3.87. The summed E-state index contributed by atoms with van der Waals surface area (Å²) in [6.45, 7) is 0. The first-order valence-electron chi connectivity index (χ1n) is 3.09. The zero-order valence-electron chi connectivity index (χ0n) is 5.32. The smallest absolute Gasteiger partial charge is 0.0378 e. The van der Waals surface area contributed by atoms with E-state index in [0.29, 0.717) is 0 Å². The third-order valence-corrected chi connectivity index (χ3v) is 2.18. The molecule has 1 aliphatic rings. The predicted octanol–water partition coefficient (Wildman–Crippen LogP) is 2.28. The van der Waals surface area contributed by atoms with Crippen LogP contribution in [0.4, 0.5) is 0 Å². The first-order chi connectivity index (χ1) is 4.97. The second-order valence-corrected chi connectivity index (χ2v) is 2.88. The molecular formula is C8H6NS. The molecule has 1 aromatic carbocycles. The SMILES string of the molecule is C1=Cc2ccccc2S[N]1. The van der Waals surface area contributed by atoms with Crippen LogP contribution in [-0.4, -0.2) is 0 Å². The van der Waals surface area contributed by atoms with E-state index in [1.807, 2.05) is 24.4 Å². The van der Waals surface area contributed by atoms with E-state index in [4.69, 9.17) is 0 Å². The molecule has 1 aromatic rings. The monoisotopic (exact) mass is 148 g/mol. The fourth-order valence-electron chi connectivity index (χ4n) is 0.899. The number of hydrogen-bond donors (Lipinski definition) is 0. The zero-order valence-corrected chi connectivity index (χ0v) is 6.14. The lowest BCUT2D eigenvalue weighted by molar-refractivity contribution is 1.30. The van der Waals surface area contributed by atoms with Crippen LogP contribution in [0.1, 0.15) is 5.56 Å². The van der Waals surface area contributed by atoms with Gasteiger partial charge in [0.1, 0.15) is 0 Å². The van der Waals surface area contributed by atoms with Crippen molar-refractivity contribution in [2.24, 2.45) is 0 Å². The van der Waals surface area contributed by atoms with Crippen LogP contribution in [0.2, 0.25) is 0 Å². The van der Waals surface area contributed by atoms with Crippen LogP contribution in [0.5, 0.6) is 0 Å². The topological polar surface area (TPSA) is 14.1 Å². The molecule has 0 aromatic heterocycles. The average Bonchev–Trinajstić information content (AvgIpc) is 2.05. The molecule has 1 heterocycles. The zero-order chi connectivity index (χ0) is 6.81. The number of benzene rings is 1. The maximum atomic E-state index is 4.05. The van der Waals surface area contributed by atoms with Gasteiger partial charge in [-0.3, -0.25) is 0 Å². The van der Waals surface area contributed by atoms with Crippen LogP contribution < -0.4 is 4.72 Å². The fraction of sp³-hybridized carbons (Fsp3) is 0. The van der Waals surface area contributed by atoms with Crippen molar-refractivity contribution in [2.45, 2.75) is 4.90 Å². The quantitative estimate of drug-likeness (QED) is 0.515. The third kappa shape index (κ3) is 0.907. The van der Waals surface area contributed by atoms with Crippen LogP contribution in [0.3, 0.4) is 0 Å². The van der Waals surface area contributed by atoms with Gasteiger partial charge in [-0.1, -0.05) is 18.2 Å². The summed E-state index contributed by atoms with van der Waals surface area (Å²) in [5.74, 6) is 0. The van der Waals surface area contributed by atoms with Crippen molar-refractivity contribution < 1.29 is 0 Å². The molecule has 0 N–H and O–H groups in total. The van der Waals surface area contributed by atoms with Crippen molar-refractivity contribution in [3.05, 3.63) is 36.0 Å². The molecule has 2 heteroatoms. The molecule has 1 nitrogen and oxygen atoms in total. The lowest BCUT2D eigenvalue weighted by Crippen LogP contribution is -1.90. The minimum atomic E-state index is 1.24. The van der Waals surface area contributed by atoms with Crippen LogP contribution in [0.25, 0.3) is 6.08 Å². The molecule has 10 heavy (non-hydrogen) atoms. The first kappa shape index (κ1) is 5.86. The van der Waals surface area contributed by atoms with E-state index in [0.717, 1.165) is 0 Å². The highest BCUT2D eigenvalue weighted by Crippen LogP contribution is 2.25. The average molecular weight is 148 g/mol. The van der Waals surface area contributed by atoms with E-state index in [1.54, 1.807) is 0 Å². The molecule has 0 saturated heterocycles. The molecule has 0 fully saturated rings. The number of rotatable bonds is 0. The molecule has 49 valence electrons. The Balaban J connectivity index is 2.54. The van der Waals surface area contributed by atoms with Gasteiger partial charge in [-0.05, 0) is 17.7 Å². The molecule has 1 aliphatic heterocycles. The fourth-order valence-corrected chi connectivity index (χ4v) is 1.52. The van der Waals surface area contributed by atoms with Crippen molar-refractivity contribution in [3.63, 3.8) is 0 Å². The Hall–Kier alpha value is -0.890. The summed E-state index contributed by atoms with van der Waals surface area (Å²) in [4.78, 5) is 1.24. The van der Waals surface area contributed by atoms with Gasteiger partial charge in [-0.25, -0.2) is 4.72 Å². The maximum Gasteiger partial charge on any atom is 0.0378 e. The van der Waals surface area contributed by atoms with Gasteiger partial charge in [0.05, 0.1) is 0 Å². The second-order valence-electron chi connectivity index (χ2n) is 2.05. The Labute approximate surface area is 64.3 Å². The van der Waals surface area contributed by atoms with Gasteiger partial charge in [0, 0.05) is 23.0 Å². The van der Waals surface area contributed by atoms with E-state index in [2.05, 4.69) is 16.9 Å². The summed E-state index contributed by atoms with van der Waals surface area (Å²) in [5.41, 5.74) is 1.27. The molecule has 0 spiro atoms. The van der Waals surface area contributed by atoms with E-state index in [1.165, 1.54) is 22.4 Å². The highest BCUT2D eigenvalue weighted by atomic mass is 32.2. The van der Waals surface area contributed by atoms with Gasteiger partial charge in [0.15, 0.2) is 0 Å². The Kier molecular flexibility index (Phi) is 1.40. The number of fused-ring (bicyclic) bond motifs is 1. The van der Waals surface area contributed by atoms with Crippen molar-refractivity contribution in [1.29, 1.82) is 0 Å². The van der Waals surface area contributed by atoms with E-state index >= 15 is 0 Å². The van der Waals surface area contributed by atoms with Crippen LogP contribution in [0, 0.1) is 0 Å². The van der Waals surface area contributed by atoms with Crippen LogP contribution in [0.15, 0.2) is 35.4 Å². The van der Waals surface area contributed by atoms with Gasteiger partial charge in [0.2, 0.25) is 0 Å². The lowest BCUT2D eigenvalue weighted by Gasteiger charge is -2.06. The summed E-state index contributed by atoms with van der Waals surface area (Å²) in [7, 11) is 0. The van der Waals surface area contributed by atoms with E-state index < -0.39 is 0 Å². The second kappa shape index (κ2) is 2.39. The van der Waals surface area contributed by atoms with Crippen molar-refractivity contribution in [2.75, 3.05) is 0 Å². The summed E-state index contributed by atoms with van der Waals surface area (Å²) in [5, 5.41) is 0. The predicted molar refractivity (Wildman–Crippen MR) is 43.5 cm³/mol. The van der Waals surface area contributed by atoms with Crippen LogP contribution in [-0.2, 0) is 0 Å². The summed E-state index contributed by atoms with van der Waals surface area (Å²) in [6, 6.07) is 8.23. The summed E-state index contributed by atoms with van der Waals surface area (Å²) >= 11 is 1.53. The Morgan fingerprint density at radius 2 is 2.10 bits per heavy atom. The third-order valence-electron chi connectivity index (χ3n) is 1.39. The molecule has 2 rings (SSSR count). The van der Waals surface area contributed by atoms with Gasteiger partial charge in [-0.2, -0.15) is 0 Å². The van der Waals surface area contributed by atoms with Gasteiger partial charge < -0.3 is 0 Å². The lowest BCUT2D eigenvalue weighted by atomic mass is 10.2. The van der Waals surface area contributed by atoms with Crippen molar-refractivity contribution in [1.82, 2.24) is 4.72 Å². The Morgan fingerprint density at radius 1 is 1.20 bits per heavy atom. The maximum absolute atomic E-state index is 4.05. The van der Waals surface area contributed by atoms with Gasteiger partial charge in [-0.15, -0.1) is 0 Å². The minimum Gasteiger partial charge on any atom is -0.219 e. The van der Waals surface area contributed by atoms with E-state index in [9.17, 15) is 0 Å². The van der Waals surface area contributed by atoms with Crippen LogP contribution >= 0.6 is 11.9 Å². The molecule has 1 radical (unpaired) electrons. The largest absolute Gasteiger partial charge is 0.219 e.